The van der Waals surface area contributed by atoms with Crippen LogP contribution in [0.25, 0.3) is 0 Å². The summed E-state index contributed by atoms with van der Waals surface area (Å²) >= 11 is 0. The van der Waals surface area contributed by atoms with E-state index < -0.39 is 5.41 Å². The lowest BCUT2D eigenvalue weighted by molar-refractivity contribution is -0.135. The molecule has 2 nitrogen and oxygen atoms in total. The zero-order chi connectivity index (χ0) is 9.47. The van der Waals surface area contributed by atoms with Crippen molar-refractivity contribution in [2.45, 2.75) is 39.0 Å². The van der Waals surface area contributed by atoms with Crippen molar-refractivity contribution in [3.63, 3.8) is 0 Å². The minimum Gasteiger partial charge on any atom is -0.299 e. The molecular formula is C11H14O2. The van der Waals surface area contributed by atoms with Crippen molar-refractivity contribution in [1.29, 1.82) is 0 Å². The number of carbonyl (C=O) groups is 2. The van der Waals surface area contributed by atoms with Gasteiger partial charge in [-0.2, -0.15) is 0 Å². The van der Waals surface area contributed by atoms with Crippen LogP contribution in [0.15, 0.2) is 11.6 Å². The Morgan fingerprint density at radius 3 is 2.38 bits per heavy atom. The van der Waals surface area contributed by atoms with E-state index in [1.165, 1.54) is 5.57 Å². The monoisotopic (exact) mass is 178 g/mol. The number of Topliss-reactive ketones (excluding diaryl/α,β-unsaturated/α-hetero) is 2. The van der Waals surface area contributed by atoms with E-state index in [9.17, 15) is 9.59 Å². The van der Waals surface area contributed by atoms with Crippen LogP contribution in [0.4, 0.5) is 0 Å². The molecular weight excluding hydrogens is 164 g/mol. The molecule has 0 aliphatic heterocycles. The predicted octanol–water partition coefficient (Wildman–Crippen LogP) is 2.04. The van der Waals surface area contributed by atoms with Crippen molar-refractivity contribution in [3.8, 4) is 0 Å². The van der Waals surface area contributed by atoms with E-state index in [0.29, 0.717) is 19.3 Å². The van der Waals surface area contributed by atoms with E-state index in [2.05, 4.69) is 6.08 Å². The molecule has 0 amide bonds. The largest absolute Gasteiger partial charge is 0.299 e. The molecule has 0 bridgehead atoms. The summed E-state index contributed by atoms with van der Waals surface area (Å²) in [6.45, 7) is 2.01. The van der Waals surface area contributed by atoms with Crippen LogP contribution in [-0.4, -0.2) is 11.6 Å². The van der Waals surface area contributed by atoms with Gasteiger partial charge >= 0.3 is 0 Å². The smallest absolute Gasteiger partial charge is 0.147 e. The Balaban J connectivity index is 2.34. The van der Waals surface area contributed by atoms with Gasteiger partial charge in [-0.05, 0) is 26.2 Å². The van der Waals surface area contributed by atoms with Crippen molar-refractivity contribution in [2.24, 2.45) is 5.41 Å². The van der Waals surface area contributed by atoms with Gasteiger partial charge in [0.25, 0.3) is 0 Å². The highest BCUT2D eigenvalue weighted by atomic mass is 16.2. The lowest BCUT2D eigenvalue weighted by atomic mass is 9.72. The first-order valence-corrected chi connectivity index (χ1v) is 4.87. The number of hydrogen-bond donors (Lipinski definition) is 0. The second-order valence-corrected chi connectivity index (χ2v) is 4.19. The van der Waals surface area contributed by atoms with Crippen molar-refractivity contribution in [2.75, 3.05) is 0 Å². The molecule has 0 N–H and O–H groups in total. The quantitative estimate of drug-likeness (QED) is 0.420. The van der Waals surface area contributed by atoms with Crippen molar-refractivity contribution < 1.29 is 9.59 Å². The Labute approximate surface area is 78.0 Å². The Bertz CT molecular complexity index is 283. The Morgan fingerprint density at radius 1 is 1.23 bits per heavy atom. The number of carbonyl (C=O) groups excluding carboxylic acids is 2. The average Bonchev–Trinajstić information content (AvgIpc) is 2.34. The maximum atomic E-state index is 11.7. The molecule has 0 heterocycles. The number of allylic oxidation sites excluding steroid dienone is 2. The maximum absolute atomic E-state index is 11.7. The SMILES string of the molecule is CC1=CCCC2(C1)C(=O)CCC2=O. The lowest BCUT2D eigenvalue weighted by Crippen LogP contribution is -2.34. The lowest BCUT2D eigenvalue weighted by Gasteiger charge is -2.29. The predicted molar refractivity (Wildman–Crippen MR) is 49.3 cm³/mol. The summed E-state index contributed by atoms with van der Waals surface area (Å²) in [6, 6.07) is 0. The molecule has 0 aromatic heterocycles. The standard InChI is InChI=1S/C11H14O2/c1-8-3-2-6-11(7-8)9(12)4-5-10(11)13/h3H,2,4-7H2,1H3. The molecule has 1 fully saturated rings. The van der Waals surface area contributed by atoms with Gasteiger partial charge in [-0.3, -0.25) is 9.59 Å². The van der Waals surface area contributed by atoms with Gasteiger partial charge < -0.3 is 0 Å². The molecule has 0 aromatic rings. The van der Waals surface area contributed by atoms with E-state index in [4.69, 9.17) is 0 Å². The summed E-state index contributed by atoms with van der Waals surface area (Å²) in [5, 5.41) is 0. The van der Waals surface area contributed by atoms with Crippen LogP contribution in [-0.2, 0) is 9.59 Å². The first-order chi connectivity index (χ1) is 6.15. The normalized spacial score (nSPS) is 26.7. The number of ketones is 2. The fourth-order valence-electron chi connectivity index (χ4n) is 2.54. The molecule has 1 saturated carbocycles. The molecule has 0 aromatic carbocycles. The fraction of sp³-hybridized carbons (Fsp3) is 0.636. The molecule has 0 radical (unpaired) electrons. The van der Waals surface area contributed by atoms with Crippen molar-refractivity contribution in [3.05, 3.63) is 11.6 Å². The maximum Gasteiger partial charge on any atom is 0.147 e. The minimum absolute atomic E-state index is 0.185. The van der Waals surface area contributed by atoms with E-state index in [1.54, 1.807) is 0 Å². The second-order valence-electron chi connectivity index (χ2n) is 4.19. The third kappa shape index (κ3) is 1.16. The first-order valence-electron chi connectivity index (χ1n) is 4.87. The van der Waals surface area contributed by atoms with E-state index in [-0.39, 0.29) is 11.6 Å². The topological polar surface area (TPSA) is 34.1 Å². The molecule has 0 unspecified atom stereocenters. The van der Waals surface area contributed by atoms with Gasteiger partial charge in [0.15, 0.2) is 0 Å². The Kier molecular flexibility index (Phi) is 1.86. The van der Waals surface area contributed by atoms with Crippen LogP contribution in [0, 0.1) is 5.41 Å². The summed E-state index contributed by atoms with van der Waals surface area (Å²) in [5.41, 5.74) is 0.619. The van der Waals surface area contributed by atoms with Gasteiger partial charge in [0.05, 0.1) is 5.41 Å². The second kappa shape index (κ2) is 2.79. The minimum atomic E-state index is -0.584. The average molecular weight is 178 g/mol. The van der Waals surface area contributed by atoms with E-state index >= 15 is 0 Å². The molecule has 2 aliphatic carbocycles. The molecule has 70 valence electrons. The first kappa shape index (κ1) is 8.67. The fourth-order valence-corrected chi connectivity index (χ4v) is 2.54. The summed E-state index contributed by atoms with van der Waals surface area (Å²) < 4.78 is 0. The number of rotatable bonds is 0. The van der Waals surface area contributed by atoms with Gasteiger partial charge in [0, 0.05) is 12.8 Å². The van der Waals surface area contributed by atoms with Crippen LogP contribution in [0.3, 0.4) is 0 Å². The third-order valence-electron chi connectivity index (χ3n) is 3.29. The molecule has 0 atom stereocenters. The van der Waals surface area contributed by atoms with Gasteiger partial charge in [0.1, 0.15) is 11.6 Å². The van der Waals surface area contributed by atoms with Gasteiger partial charge in [-0.15, -0.1) is 0 Å². The van der Waals surface area contributed by atoms with Gasteiger partial charge in [-0.1, -0.05) is 11.6 Å². The summed E-state index contributed by atoms with van der Waals surface area (Å²) in [6.07, 6.45) is 5.43. The molecule has 2 rings (SSSR count). The summed E-state index contributed by atoms with van der Waals surface area (Å²) in [7, 11) is 0. The van der Waals surface area contributed by atoms with Crippen molar-refractivity contribution in [1.82, 2.24) is 0 Å². The molecule has 2 aliphatic rings. The number of hydrogen-bond acceptors (Lipinski definition) is 2. The van der Waals surface area contributed by atoms with E-state index in [1.807, 2.05) is 6.92 Å². The van der Waals surface area contributed by atoms with Crippen molar-refractivity contribution >= 4 is 11.6 Å². The summed E-state index contributed by atoms with van der Waals surface area (Å²) in [5.74, 6) is 0.370. The van der Waals surface area contributed by atoms with Crippen LogP contribution >= 0.6 is 0 Å². The molecule has 1 spiro atoms. The zero-order valence-electron chi connectivity index (χ0n) is 7.93. The highest BCUT2D eigenvalue weighted by molar-refractivity contribution is 6.13. The Hall–Kier alpha value is -0.920. The van der Waals surface area contributed by atoms with Crippen LogP contribution in [0.1, 0.15) is 39.0 Å². The third-order valence-corrected chi connectivity index (χ3v) is 3.29. The Morgan fingerprint density at radius 2 is 1.85 bits per heavy atom. The van der Waals surface area contributed by atoms with Crippen LogP contribution < -0.4 is 0 Å². The van der Waals surface area contributed by atoms with Crippen LogP contribution in [0.2, 0.25) is 0 Å². The highest BCUT2D eigenvalue weighted by Gasteiger charge is 2.49. The molecule has 13 heavy (non-hydrogen) atoms. The van der Waals surface area contributed by atoms with Gasteiger partial charge in [-0.25, -0.2) is 0 Å². The van der Waals surface area contributed by atoms with E-state index in [0.717, 1.165) is 12.8 Å². The van der Waals surface area contributed by atoms with Gasteiger partial charge in [0.2, 0.25) is 0 Å². The molecule has 0 saturated heterocycles. The molecule has 2 heteroatoms. The highest BCUT2D eigenvalue weighted by Crippen LogP contribution is 2.43. The van der Waals surface area contributed by atoms with Crippen LogP contribution in [0.5, 0.6) is 0 Å². The zero-order valence-corrected chi connectivity index (χ0v) is 7.93. The summed E-state index contributed by atoms with van der Waals surface area (Å²) in [4.78, 5) is 23.3.